The minimum Gasteiger partial charge on any atom is -0.349 e. The van der Waals surface area contributed by atoms with Crippen molar-refractivity contribution in [1.29, 1.82) is 0 Å². The van der Waals surface area contributed by atoms with E-state index in [1.165, 1.54) is 32.1 Å². The third kappa shape index (κ3) is 5.65. The molecule has 0 unspecified atom stereocenters. The summed E-state index contributed by atoms with van der Waals surface area (Å²) >= 11 is 0. The molecular weight excluding hydrogens is 316 g/mol. The summed E-state index contributed by atoms with van der Waals surface area (Å²) in [7, 11) is 0. The van der Waals surface area contributed by atoms with E-state index in [4.69, 9.17) is 18.9 Å². The maximum Gasteiger partial charge on any atom is 0.184 e. The van der Waals surface area contributed by atoms with Crippen molar-refractivity contribution in [3.63, 3.8) is 0 Å². The van der Waals surface area contributed by atoms with Gasteiger partial charge in [0.15, 0.2) is 12.6 Å². The molecule has 1 aromatic carbocycles. The van der Waals surface area contributed by atoms with E-state index in [2.05, 4.69) is 13.0 Å². The number of hydrogen-bond acceptors (Lipinski definition) is 4. The van der Waals surface area contributed by atoms with Crippen molar-refractivity contribution in [1.82, 2.24) is 0 Å². The predicted octanol–water partition coefficient (Wildman–Crippen LogP) is 4.76. The Kier molecular flexibility index (Phi) is 7.49. The highest BCUT2D eigenvalue weighted by atomic mass is 16.7. The van der Waals surface area contributed by atoms with Crippen LogP contribution in [0.5, 0.6) is 0 Å². The summed E-state index contributed by atoms with van der Waals surface area (Å²) in [6, 6.07) is 10.0. The molecule has 0 N–H and O–H groups in total. The van der Waals surface area contributed by atoms with Crippen molar-refractivity contribution in [3.8, 4) is 0 Å². The van der Waals surface area contributed by atoms with Crippen molar-refractivity contribution in [2.45, 2.75) is 70.2 Å². The molecule has 3 rings (SSSR count). The Morgan fingerprint density at radius 1 is 0.960 bits per heavy atom. The number of rotatable bonds is 9. The Bertz CT molecular complexity index is 516. The molecule has 2 heterocycles. The molecular formula is C21H30O4. The van der Waals surface area contributed by atoms with Gasteiger partial charge in [0.05, 0.1) is 13.2 Å². The first-order valence-corrected chi connectivity index (χ1v) is 9.64. The first-order chi connectivity index (χ1) is 12.4. The first-order valence-electron chi connectivity index (χ1n) is 9.64. The second kappa shape index (κ2) is 10.1. The fourth-order valence-corrected chi connectivity index (χ4v) is 3.21. The zero-order valence-electron chi connectivity index (χ0n) is 15.1. The first kappa shape index (κ1) is 18.6. The maximum absolute atomic E-state index is 6.02. The molecule has 0 amide bonds. The summed E-state index contributed by atoms with van der Waals surface area (Å²) in [6.07, 6.45) is 10.8. The van der Waals surface area contributed by atoms with E-state index in [0.29, 0.717) is 6.61 Å². The Balaban J connectivity index is 1.38. The van der Waals surface area contributed by atoms with Gasteiger partial charge in [0.1, 0.15) is 12.2 Å². The van der Waals surface area contributed by atoms with E-state index in [0.717, 1.165) is 18.6 Å². The molecule has 4 atom stereocenters. The number of ether oxygens (including phenoxy) is 4. The van der Waals surface area contributed by atoms with Gasteiger partial charge < -0.3 is 18.9 Å². The summed E-state index contributed by atoms with van der Waals surface area (Å²) in [4.78, 5) is 0. The molecule has 0 aliphatic carbocycles. The van der Waals surface area contributed by atoms with Crippen molar-refractivity contribution in [2.75, 3.05) is 13.2 Å². The number of benzene rings is 1. The second-order valence-electron chi connectivity index (χ2n) is 6.74. The van der Waals surface area contributed by atoms with E-state index in [9.17, 15) is 0 Å². The summed E-state index contributed by atoms with van der Waals surface area (Å²) in [5, 5.41) is 0. The van der Waals surface area contributed by atoms with Crippen molar-refractivity contribution in [2.24, 2.45) is 0 Å². The van der Waals surface area contributed by atoms with E-state index in [1.807, 2.05) is 36.4 Å². The molecule has 0 aromatic heterocycles. The second-order valence-corrected chi connectivity index (χ2v) is 6.74. The SMILES string of the molecule is CCCCCCCCO[C@H]1C=C[C@@H]2O[C@H](c3ccccc3)OC[C@H]2O1. The Labute approximate surface area is 151 Å². The van der Waals surface area contributed by atoms with E-state index < -0.39 is 0 Å². The Morgan fingerprint density at radius 3 is 2.60 bits per heavy atom. The average molecular weight is 346 g/mol. The molecule has 0 bridgehead atoms. The van der Waals surface area contributed by atoms with Gasteiger partial charge in [-0.15, -0.1) is 0 Å². The topological polar surface area (TPSA) is 36.9 Å². The summed E-state index contributed by atoms with van der Waals surface area (Å²) in [5.74, 6) is 0. The number of hydrogen-bond donors (Lipinski definition) is 0. The highest BCUT2D eigenvalue weighted by molar-refractivity contribution is 5.17. The smallest absolute Gasteiger partial charge is 0.184 e. The van der Waals surface area contributed by atoms with Crippen LogP contribution in [0.25, 0.3) is 0 Å². The van der Waals surface area contributed by atoms with Gasteiger partial charge in [-0.2, -0.15) is 0 Å². The largest absolute Gasteiger partial charge is 0.349 e. The lowest BCUT2D eigenvalue weighted by Gasteiger charge is -2.38. The lowest BCUT2D eigenvalue weighted by Crippen LogP contribution is -2.45. The molecule has 2 aliphatic heterocycles. The Morgan fingerprint density at radius 2 is 1.76 bits per heavy atom. The molecule has 4 heteroatoms. The van der Waals surface area contributed by atoms with Crippen molar-refractivity contribution >= 4 is 0 Å². The van der Waals surface area contributed by atoms with Gasteiger partial charge in [0.25, 0.3) is 0 Å². The lowest BCUT2D eigenvalue weighted by atomic mass is 10.1. The number of fused-ring (bicyclic) bond motifs is 1. The van der Waals surface area contributed by atoms with Crippen LogP contribution in [-0.4, -0.2) is 31.7 Å². The molecule has 1 aromatic rings. The van der Waals surface area contributed by atoms with Crippen LogP contribution in [0.3, 0.4) is 0 Å². The molecule has 2 aliphatic rings. The zero-order valence-corrected chi connectivity index (χ0v) is 15.1. The van der Waals surface area contributed by atoms with E-state index in [1.54, 1.807) is 0 Å². The fraction of sp³-hybridized carbons (Fsp3) is 0.619. The monoisotopic (exact) mass is 346 g/mol. The van der Waals surface area contributed by atoms with Crippen LogP contribution in [0.15, 0.2) is 42.5 Å². The minimum absolute atomic E-state index is 0.0761. The molecule has 1 fully saturated rings. The standard InChI is InChI=1S/C21H30O4/c1-2-3-4-5-6-10-15-22-20-14-13-18-19(24-20)16-23-21(25-18)17-11-8-7-9-12-17/h7-9,11-14,18-21H,2-6,10,15-16H2,1H3/t18-,19+,20+,21+/m0/s1. The average Bonchev–Trinajstić information content (AvgIpc) is 2.67. The number of unbranched alkanes of at least 4 members (excludes halogenated alkanes) is 5. The molecule has 138 valence electrons. The van der Waals surface area contributed by atoms with Gasteiger partial charge in [0.2, 0.25) is 0 Å². The van der Waals surface area contributed by atoms with Crippen LogP contribution in [0, 0.1) is 0 Å². The van der Waals surface area contributed by atoms with Crippen molar-refractivity contribution in [3.05, 3.63) is 48.0 Å². The van der Waals surface area contributed by atoms with E-state index >= 15 is 0 Å². The van der Waals surface area contributed by atoms with Crippen LogP contribution in [0.2, 0.25) is 0 Å². The van der Waals surface area contributed by atoms with Gasteiger partial charge in [-0.3, -0.25) is 0 Å². The quantitative estimate of drug-likeness (QED) is 0.477. The van der Waals surface area contributed by atoms with Gasteiger partial charge in [-0.25, -0.2) is 0 Å². The van der Waals surface area contributed by atoms with Crippen LogP contribution < -0.4 is 0 Å². The highest BCUT2D eigenvalue weighted by Crippen LogP contribution is 2.30. The van der Waals surface area contributed by atoms with Crippen LogP contribution in [-0.2, 0) is 18.9 Å². The Hall–Kier alpha value is -1.20. The minimum atomic E-state index is -0.323. The van der Waals surface area contributed by atoms with Crippen LogP contribution >= 0.6 is 0 Å². The molecule has 4 nitrogen and oxygen atoms in total. The normalized spacial score (nSPS) is 28.7. The molecule has 0 spiro atoms. The molecule has 0 radical (unpaired) electrons. The third-order valence-electron chi connectivity index (χ3n) is 4.68. The van der Waals surface area contributed by atoms with Gasteiger partial charge in [-0.1, -0.05) is 75.4 Å². The zero-order chi connectivity index (χ0) is 17.3. The summed E-state index contributed by atoms with van der Waals surface area (Å²) in [5.41, 5.74) is 1.04. The predicted molar refractivity (Wildman–Crippen MR) is 97.1 cm³/mol. The summed E-state index contributed by atoms with van der Waals surface area (Å²) < 4.78 is 23.6. The van der Waals surface area contributed by atoms with Crippen LogP contribution in [0.4, 0.5) is 0 Å². The molecule has 1 saturated heterocycles. The lowest BCUT2D eigenvalue weighted by molar-refractivity contribution is -0.283. The fourth-order valence-electron chi connectivity index (χ4n) is 3.21. The molecule has 25 heavy (non-hydrogen) atoms. The van der Waals surface area contributed by atoms with Gasteiger partial charge >= 0.3 is 0 Å². The van der Waals surface area contributed by atoms with Crippen LogP contribution in [0.1, 0.15) is 57.3 Å². The summed E-state index contributed by atoms with van der Waals surface area (Å²) in [6.45, 7) is 3.50. The van der Waals surface area contributed by atoms with Gasteiger partial charge in [-0.05, 0) is 12.5 Å². The third-order valence-corrected chi connectivity index (χ3v) is 4.68. The molecule has 0 saturated carbocycles. The van der Waals surface area contributed by atoms with Gasteiger partial charge in [0, 0.05) is 5.56 Å². The highest BCUT2D eigenvalue weighted by Gasteiger charge is 2.35. The maximum atomic E-state index is 6.02. The van der Waals surface area contributed by atoms with Crippen molar-refractivity contribution < 1.29 is 18.9 Å². The van der Waals surface area contributed by atoms with E-state index in [-0.39, 0.29) is 24.8 Å².